The highest BCUT2D eigenvalue weighted by molar-refractivity contribution is 7.19. The molecule has 0 amide bonds. The molecule has 0 atom stereocenters. The molecule has 0 bridgehead atoms. The molecule has 3 heterocycles. The molecule has 0 radical (unpaired) electrons. The van der Waals surface area contributed by atoms with E-state index in [0.717, 1.165) is 39.8 Å². The number of nitrogens with zero attached hydrogens (tertiary/aromatic N) is 4. The van der Waals surface area contributed by atoms with Crippen LogP contribution in [0, 0.1) is 0 Å². The number of esters is 1. The molecule has 0 spiro atoms. The van der Waals surface area contributed by atoms with Gasteiger partial charge in [0, 0.05) is 24.0 Å². The Morgan fingerprint density at radius 2 is 2.15 bits per heavy atom. The molecular formula is C18H19N5O2S. The molecule has 1 saturated heterocycles. The van der Waals surface area contributed by atoms with Gasteiger partial charge in [-0.2, -0.15) is 0 Å². The molecule has 1 aliphatic heterocycles. The van der Waals surface area contributed by atoms with Crippen molar-refractivity contribution < 1.29 is 9.53 Å². The van der Waals surface area contributed by atoms with Crippen LogP contribution >= 0.6 is 11.3 Å². The highest BCUT2D eigenvalue weighted by Gasteiger charge is 2.15. The zero-order valence-electron chi connectivity index (χ0n) is 14.4. The van der Waals surface area contributed by atoms with Crippen LogP contribution in [0.2, 0.25) is 0 Å². The molecule has 1 fully saturated rings. The second-order valence-electron chi connectivity index (χ2n) is 6.05. The van der Waals surface area contributed by atoms with E-state index >= 15 is 0 Å². The first-order valence-electron chi connectivity index (χ1n) is 8.65. The Kier molecular flexibility index (Phi) is 4.66. The van der Waals surface area contributed by atoms with Gasteiger partial charge in [-0.05, 0) is 44.0 Å². The van der Waals surface area contributed by atoms with Crippen LogP contribution in [0.5, 0.6) is 0 Å². The van der Waals surface area contributed by atoms with E-state index in [9.17, 15) is 4.79 Å². The summed E-state index contributed by atoms with van der Waals surface area (Å²) in [5.74, 6) is -0.356. The Balaban J connectivity index is 1.51. The average Bonchev–Trinajstić information content (AvgIpc) is 3.38. The lowest BCUT2D eigenvalue weighted by Gasteiger charge is -2.11. The van der Waals surface area contributed by atoms with Gasteiger partial charge < -0.3 is 14.6 Å². The Morgan fingerprint density at radius 3 is 2.96 bits per heavy atom. The van der Waals surface area contributed by atoms with E-state index in [1.165, 1.54) is 12.8 Å². The fraction of sp³-hybridized carbons (Fsp3) is 0.333. The number of ether oxygens (including phenoxy) is 1. The van der Waals surface area contributed by atoms with E-state index in [0.29, 0.717) is 12.3 Å². The van der Waals surface area contributed by atoms with Crippen molar-refractivity contribution in [3.05, 3.63) is 36.2 Å². The first-order chi connectivity index (χ1) is 12.7. The fourth-order valence-corrected chi connectivity index (χ4v) is 3.76. The summed E-state index contributed by atoms with van der Waals surface area (Å²) in [6, 6.07) is 7.40. The van der Waals surface area contributed by atoms with Gasteiger partial charge in [-0.15, -0.1) is 10.2 Å². The van der Waals surface area contributed by atoms with Crippen molar-refractivity contribution in [2.24, 2.45) is 10.2 Å². The average molecular weight is 369 g/mol. The number of fused-ring (bicyclic) bond motifs is 1. The molecule has 26 heavy (non-hydrogen) atoms. The van der Waals surface area contributed by atoms with Gasteiger partial charge in [0.15, 0.2) is 10.1 Å². The number of aromatic nitrogens is 2. The van der Waals surface area contributed by atoms with Gasteiger partial charge in [0.1, 0.15) is 5.69 Å². The number of thiazole rings is 1. The lowest BCUT2D eigenvalue weighted by Crippen LogP contribution is -2.16. The molecule has 3 aromatic rings. The number of nitrogens with one attached hydrogen (secondary N) is 1. The van der Waals surface area contributed by atoms with E-state index in [1.807, 2.05) is 18.2 Å². The van der Waals surface area contributed by atoms with Crippen molar-refractivity contribution >= 4 is 44.0 Å². The zero-order valence-corrected chi connectivity index (χ0v) is 15.3. The van der Waals surface area contributed by atoms with Crippen molar-refractivity contribution in [1.29, 1.82) is 0 Å². The number of aromatic amines is 1. The van der Waals surface area contributed by atoms with Crippen molar-refractivity contribution in [3.8, 4) is 0 Å². The molecule has 1 aliphatic rings. The van der Waals surface area contributed by atoms with Gasteiger partial charge >= 0.3 is 5.97 Å². The SMILES string of the molecule is CCOC(=O)c1cc2cc(N=Nc3cnc(N4CCCC4)s3)ccc2[nH]1. The summed E-state index contributed by atoms with van der Waals surface area (Å²) in [6.45, 7) is 4.27. The number of rotatable bonds is 5. The Hall–Kier alpha value is -2.74. The maximum absolute atomic E-state index is 11.8. The molecule has 0 unspecified atom stereocenters. The molecule has 0 aliphatic carbocycles. The number of azo groups is 1. The molecule has 1 aromatic carbocycles. The van der Waals surface area contributed by atoms with Gasteiger partial charge in [-0.1, -0.05) is 11.3 Å². The summed E-state index contributed by atoms with van der Waals surface area (Å²) < 4.78 is 5.02. The molecule has 0 saturated carbocycles. The predicted octanol–water partition coefficient (Wildman–Crippen LogP) is 4.82. The van der Waals surface area contributed by atoms with Crippen LogP contribution in [-0.4, -0.2) is 35.6 Å². The van der Waals surface area contributed by atoms with Gasteiger partial charge in [0.25, 0.3) is 0 Å². The zero-order chi connectivity index (χ0) is 17.9. The van der Waals surface area contributed by atoms with E-state index < -0.39 is 0 Å². The molecular weight excluding hydrogens is 350 g/mol. The highest BCUT2D eigenvalue weighted by atomic mass is 32.1. The van der Waals surface area contributed by atoms with Crippen molar-refractivity contribution in [3.63, 3.8) is 0 Å². The minimum atomic E-state index is -0.356. The van der Waals surface area contributed by atoms with Gasteiger partial charge in [0.05, 0.1) is 18.5 Å². The van der Waals surface area contributed by atoms with Crippen LogP contribution in [-0.2, 0) is 4.74 Å². The van der Waals surface area contributed by atoms with Crippen LogP contribution in [0.3, 0.4) is 0 Å². The fourth-order valence-electron chi connectivity index (χ4n) is 2.97. The number of carbonyl (C=O) groups excluding carboxylic acids is 1. The van der Waals surface area contributed by atoms with Crippen LogP contribution in [0.4, 0.5) is 15.8 Å². The number of H-pyrrole nitrogens is 1. The quantitative estimate of drug-likeness (QED) is 0.516. The topological polar surface area (TPSA) is 82.9 Å². The van der Waals surface area contributed by atoms with E-state index in [1.54, 1.807) is 30.5 Å². The minimum absolute atomic E-state index is 0.349. The van der Waals surface area contributed by atoms with Gasteiger partial charge in [-0.3, -0.25) is 0 Å². The second-order valence-corrected chi connectivity index (χ2v) is 7.04. The van der Waals surface area contributed by atoms with E-state index in [-0.39, 0.29) is 5.97 Å². The second kappa shape index (κ2) is 7.25. The lowest BCUT2D eigenvalue weighted by molar-refractivity contribution is 0.0520. The molecule has 8 heteroatoms. The van der Waals surface area contributed by atoms with E-state index in [2.05, 4.69) is 25.1 Å². The minimum Gasteiger partial charge on any atom is -0.461 e. The smallest absolute Gasteiger partial charge is 0.354 e. The van der Waals surface area contributed by atoms with Crippen LogP contribution < -0.4 is 4.90 Å². The summed E-state index contributed by atoms with van der Waals surface area (Å²) in [4.78, 5) is 21.6. The normalized spacial score (nSPS) is 14.6. The first-order valence-corrected chi connectivity index (χ1v) is 9.47. The molecule has 2 aromatic heterocycles. The third kappa shape index (κ3) is 3.45. The summed E-state index contributed by atoms with van der Waals surface area (Å²) >= 11 is 1.55. The number of carbonyl (C=O) groups is 1. The largest absolute Gasteiger partial charge is 0.461 e. The van der Waals surface area contributed by atoms with Crippen molar-refractivity contribution in [2.45, 2.75) is 19.8 Å². The summed E-state index contributed by atoms with van der Waals surface area (Å²) in [7, 11) is 0. The van der Waals surface area contributed by atoms with E-state index in [4.69, 9.17) is 4.74 Å². The first kappa shape index (κ1) is 16.7. The third-order valence-corrected chi connectivity index (χ3v) is 5.16. The number of benzene rings is 1. The van der Waals surface area contributed by atoms with Crippen LogP contribution in [0.25, 0.3) is 10.9 Å². The number of hydrogen-bond donors (Lipinski definition) is 1. The Labute approximate surface area is 154 Å². The lowest BCUT2D eigenvalue weighted by atomic mass is 10.2. The predicted molar refractivity (Wildman–Crippen MR) is 102 cm³/mol. The van der Waals surface area contributed by atoms with Gasteiger partial charge in [-0.25, -0.2) is 9.78 Å². The molecule has 1 N–H and O–H groups in total. The van der Waals surface area contributed by atoms with Crippen molar-refractivity contribution in [1.82, 2.24) is 9.97 Å². The molecule has 134 valence electrons. The summed E-state index contributed by atoms with van der Waals surface area (Å²) in [6.07, 6.45) is 4.21. The maximum atomic E-state index is 11.8. The molecule has 7 nitrogen and oxygen atoms in total. The Bertz CT molecular complexity index is 956. The number of anilines is 1. The monoisotopic (exact) mass is 369 g/mol. The standard InChI is InChI=1S/C18H19N5O2S/c1-2-25-17(24)15-10-12-9-13(5-6-14(12)20-15)21-22-16-11-19-18(26-16)23-7-3-4-8-23/h5-6,9-11,20H,2-4,7-8H2,1H3. The Morgan fingerprint density at radius 1 is 1.31 bits per heavy atom. The molecule has 4 rings (SSSR count). The van der Waals surface area contributed by atoms with Gasteiger partial charge in [0.2, 0.25) is 0 Å². The van der Waals surface area contributed by atoms with Crippen LogP contribution in [0.1, 0.15) is 30.3 Å². The van der Waals surface area contributed by atoms with Crippen molar-refractivity contribution in [2.75, 3.05) is 24.6 Å². The summed E-state index contributed by atoms with van der Waals surface area (Å²) in [5, 5.41) is 11.3. The number of hydrogen-bond acceptors (Lipinski definition) is 7. The highest BCUT2D eigenvalue weighted by Crippen LogP contribution is 2.32. The third-order valence-electron chi connectivity index (χ3n) is 4.22. The maximum Gasteiger partial charge on any atom is 0.354 e. The summed E-state index contributed by atoms with van der Waals surface area (Å²) in [5.41, 5.74) is 2.03. The van der Waals surface area contributed by atoms with Crippen LogP contribution in [0.15, 0.2) is 40.7 Å².